The minimum atomic E-state index is -0.0486. The van der Waals surface area contributed by atoms with E-state index in [0.29, 0.717) is 24.6 Å². The standard InChI is InChI=1S/C22H24N2O3/c1-3-27-18-6-4-5-15(12-18)19-13-20(19)23-22(26)17-7-8-21-16(11-17)9-10-24(21)14(2)25/h4-8,11-12,19-20H,3,9-10,13H2,1-2H3,(H,23,26)/t19-,20+/m1/s1. The molecule has 4 rings (SSSR count). The second-order valence-corrected chi connectivity index (χ2v) is 7.19. The van der Waals surface area contributed by atoms with Gasteiger partial charge in [-0.25, -0.2) is 0 Å². The van der Waals surface area contributed by atoms with Crippen LogP contribution in [0, 0.1) is 0 Å². The van der Waals surface area contributed by atoms with E-state index in [1.807, 2.05) is 37.3 Å². The fourth-order valence-electron chi connectivity index (χ4n) is 3.85. The fourth-order valence-corrected chi connectivity index (χ4v) is 3.85. The molecule has 0 bridgehead atoms. The van der Waals surface area contributed by atoms with Crippen molar-refractivity contribution in [3.63, 3.8) is 0 Å². The van der Waals surface area contributed by atoms with Crippen molar-refractivity contribution in [2.24, 2.45) is 0 Å². The Morgan fingerprint density at radius 2 is 2.07 bits per heavy atom. The summed E-state index contributed by atoms with van der Waals surface area (Å²) in [7, 11) is 0. The third-order valence-corrected chi connectivity index (χ3v) is 5.32. The van der Waals surface area contributed by atoms with E-state index in [0.717, 1.165) is 29.8 Å². The van der Waals surface area contributed by atoms with E-state index in [1.165, 1.54) is 5.56 Å². The Morgan fingerprint density at radius 1 is 1.22 bits per heavy atom. The summed E-state index contributed by atoms with van der Waals surface area (Å²) >= 11 is 0. The molecule has 0 spiro atoms. The molecule has 5 nitrogen and oxygen atoms in total. The molecule has 0 unspecified atom stereocenters. The van der Waals surface area contributed by atoms with Crippen molar-refractivity contribution in [1.29, 1.82) is 0 Å². The molecule has 2 aromatic carbocycles. The number of benzene rings is 2. The predicted molar refractivity (Wildman–Crippen MR) is 104 cm³/mol. The number of nitrogens with one attached hydrogen (secondary N) is 1. The second-order valence-electron chi connectivity index (χ2n) is 7.19. The van der Waals surface area contributed by atoms with E-state index in [1.54, 1.807) is 11.8 Å². The van der Waals surface area contributed by atoms with Crippen LogP contribution in [0.15, 0.2) is 42.5 Å². The monoisotopic (exact) mass is 364 g/mol. The number of carbonyl (C=O) groups is 2. The van der Waals surface area contributed by atoms with Crippen molar-refractivity contribution < 1.29 is 14.3 Å². The van der Waals surface area contributed by atoms with Gasteiger partial charge in [-0.2, -0.15) is 0 Å². The molecule has 27 heavy (non-hydrogen) atoms. The number of rotatable bonds is 5. The average Bonchev–Trinajstić information content (AvgIpc) is 3.28. The molecule has 1 fully saturated rings. The van der Waals surface area contributed by atoms with Crippen LogP contribution in [0.5, 0.6) is 5.75 Å². The molecule has 5 heteroatoms. The molecular formula is C22H24N2O3. The average molecular weight is 364 g/mol. The van der Waals surface area contributed by atoms with Crippen LogP contribution in [0.2, 0.25) is 0 Å². The normalized spacial score (nSPS) is 20.1. The molecule has 2 aromatic rings. The molecule has 0 aromatic heterocycles. The Hall–Kier alpha value is -2.82. The van der Waals surface area contributed by atoms with Gasteiger partial charge in [0.05, 0.1) is 6.61 Å². The zero-order valence-corrected chi connectivity index (χ0v) is 15.7. The first-order chi connectivity index (χ1) is 13.1. The van der Waals surface area contributed by atoms with Gasteiger partial charge >= 0.3 is 0 Å². The van der Waals surface area contributed by atoms with Gasteiger partial charge in [-0.15, -0.1) is 0 Å². The SMILES string of the molecule is CCOc1cccc([C@H]2C[C@@H]2NC(=O)c2ccc3c(c2)CCN3C(C)=O)c1. The number of nitrogens with zero attached hydrogens (tertiary/aromatic N) is 1. The summed E-state index contributed by atoms with van der Waals surface area (Å²) in [5, 5.41) is 3.14. The van der Waals surface area contributed by atoms with E-state index in [9.17, 15) is 9.59 Å². The molecule has 2 aliphatic rings. The van der Waals surface area contributed by atoms with Gasteiger partial charge in [-0.3, -0.25) is 9.59 Å². The summed E-state index contributed by atoms with van der Waals surface area (Å²) in [6.45, 7) is 4.88. The lowest BCUT2D eigenvalue weighted by Gasteiger charge is -2.14. The fraction of sp³-hybridized carbons (Fsp3) is 0.364. The maximum Gasteiger partial charge on any atom is 0.251 e. The van der Waals surface area contributed by atoms with Gasteiger partial charge in [0.2, 0.25) is 5.91 Å². The van der Waals surface area contributed by atoms with Crippen molar-refractivity contribution in [2.75, 3.05) is 18.1 Å². The highest BCUT2D eigenvalue weighted by Gasteiger charge is 2.39. The minimum absolute atomic E-state index is 0.0426. The van der Waals surface area contributed by atoms with Crippen LogP contribution in [-0.2, 0) is 11.2 Å². The van der Waals surface area contributed by atoms with Crippen LogP contribution in [0.3, 0.4) is 0 Å². The zero-order chi connectivity index (χ0) is 19.0. The zero-order valence-electron chi connectivity index (χ0n) is 15.7. The molecule has 1 saturated carbocycles. The van der Waals surface area contributed by atoms with Gasteiger partial charge in [0.1, 0.15) is 5.75 Å². The number of amides is 2. The van der Waals surface area contributed by atoms with E-state index >= 15 is 0 Å². The summed E-state index contributed by atoms with van der Waals surface area (Å²) in [5.74, 6) is 1.21. The third kappa shape index (κ3) is 3.54. The molecule has 140 valence electrons. The molecular weight excluding hydrogens is 340 g/mol. The molecule has 0 saturated heterocycles. The Kier molecular flexibility index (Phi) is 4.60. The maximum atomic E-state index is 12.6. The summed E-state index contributed by atoms with van der Waals surface area (Å²) < 4.78 is 5.56. The van der Waals surface area contributed by atoms with Crippen molar-refractivity contribution in [1.82, 2.24) is 5.32 Å². The number of hydrogen-bond acceptors (Lipinski definition) is 3. The number of fused-ring (bicyclic) bond motifs is 1. The number of ether oxygens (including phenoxy) is 1. The molecule has 1 aliphatic heterocycles. The van der Waals surface area contributed by atoms with Crippen LogP contribution < -0.4 is 15.0 Å². The lowest BCUT2D eigenvalue weighted by Crippen LogP contribution is -2.27. The number of hydrogen-bond donors (Lipinski definition) is 1. The van der Waals surface area contributed by atoms with Gasteiger partial charge in [0, 0.05) is 36.7 Å². The summed E-state index contributed by atoms with van der Waals surface area (Å²) in [4.78, 5) is 26.1. The molecule has 2 atom stereocenters. The second kappa shape index (κ2) is 7.06. The van der Waals surface area contributed by atoms with Crippen molar-refractivity contribution in [3.05, 3.63) is 59.2 Å². The molecule has 1 N–H and O–H groups in total. The Morgan fingerprint density at radius 3 is 2.85 bits per heavy atom. The van der Waals surface area contributed by atoms with Crippen molar-refractivity contribution >= 4 is 17.5 Å². The smallest absolute Gasteiger partial charge is 0.251 e. The largest absolute Gasteiger partial charge is 0.494 e. The molecule has 1 aliphatic carbocycles. The van der Waals surface area contributed by atoms with E-state index in [-0.39, 0.29) is 17.9 Å². The highest BCUT2D eigenvalue weighted by molar-refractivity contribution is 5.98. The van der Waals surface area contributed by atoms with E-state index < -0.39 is 0 Å². The van der Waals surface area contributed by atoms with E-state index in [2.05, 4.69) is 17.4 Å². The Bertz CT molecular complexity index is 893. The Labute approximate surface area is 159 Å². The topological polar surface area (TPSA) is 58.6 Å². The predicted octanol–water partition coefficient (Wildman–Crippen LogP) is 3.28. The van der Waals surface area contributed by atoms with Crippen LogP contribution >= 0.6 is 0 Å². The van der Waals surface area contributed by atoms with Gasteiger partial charge in [0.25, 0.3) is 5.91 Å². The highest BCUT2D eigenvalue weighted by atomic mass is 16.5. The minimum Gasteiger partial charge on any atom is -0.494 e. The molecule has 0 radical (unpaired) electrons. The number of carbonyl (C=O) groups excluding carboxylic acids is 2. The lowest BCUT2D eigenvalue weighted by molar-refractivity contribution is -0.116. The molecule has 2 amide bonds. The summed E-state index contributed by atoms with van der Waals surface area (Å²) in [6, 6.07) is 13.9. The Balaban J connectivity index is 1.41. The van der Waals surface area contributed by atoms with Crippen LogP contribution in [0.25, 0.3) is 0 Å². The van der Waals surface area contributed by atoms with Gasteiger partial charge in [-0.05, 0) is 61.2 Å². The first-order valence-electron chi connectivity index (χ1n) is 9.51. The number of anilines is 1. The highest BCUT2D eigenvalue weighted by Crippen LogP contribution is 2.42. The van der Waals surface area contributed by atoms with Crippen molar-refractivity contribution in [2.45, 2.75) is 38.6 Å². The van der Waals surface area contributed by atoms with Gasteiger partial charge in [0.15, 0.2) is 0 Å². The van der Waals surface area contributed by atoms with Crippen LogP contribution in [0.4, 0.5) is 5.69 Å². The first-order valence-corrected chi connectivity index (χ1v) is 9.51. The summed E-state index contributed by atoms with van der Waals surface area (Å²) in [5.41, 5.74) is 3.86. The first kappa shape index (κ1) is 17.6. The lowest BCUT2D eigenvalue weighted by atomic mass is 10.1. The van der Waals surface area contributed by atoms with Gasteiger partial charge in [-0.1, -0.05) is 12.1 Å². The summed E-state index contributed by atoms with van der Waals surface area (Å²) in [6.07, 6.45) is 1.75. The van der Waals surface area contributed by atoms with Crippen LogP contribution in [0.1, 0.15) is 47.7 Å². The van der Waals surface area contributed by atoms with Crippen molar-refractivity contribution in [3.8, 4) is 5.75 Å². The van der Waals surface area contributed by atoms with E-state index in [4.69, 9.17) is 4.74 Å². The quantitative estimate of drug-likeness (QED) is 0.886. The van der Waals surface area contributed by atoms with Gasteiger partial charge < -0.3 is 15.0 Å². The maximum absolute atomic E-state index is 12.6. The third-order valence-electron chi connectivity index (χ3n) is 5.32. The van der Waals surface area contributed by atoms with Crippen LogP contribution in [-0.4, -0.2) is 31.0 Å². The molecule has 1 heterocycles.